The van der Waals surface area contributed by atoms with Gasteiger partial charge in [-0.2, -0.15) is 0 Å². The number of nitrogens with one attached hydrogen (secondary N) is 1. The van der Waals surface area contributed by atoms with E-state index in [2.05, 4.69) is 4.98 Å². The lowest BCUT2D eigenvalue weighted by Gasteiger charge is -2.16. The summed E-state index contributed by atoms with van der Waals surface area (Å²) in [6.07, 6.45) is 5.17. The Morgan fingerprint density at radius 1 is 1.11 bits per heavy atom. The number of ketones is 1. The number of H-pyrrole nitrogens is 1. The second-order valence-electron chi connectivity index (χ2n) is 6.77. The van der Waals surface area contributed by atoms with E-state index in [-0.39, 0.29) is 24.7 Å². The van der Waals surface area contributed by atoms with Crippen molar-refractivity contribution in [3.63, 3.8) is 0 Å². The number of hydrogen-bond donors (Lipinski definition) is 2. The van der Waals surface area contributed by atoms with Crippen molar-refractivity contribution in [3.8, 4) is 0 Å². The fourth-order valence-electron chi connectivity index (χ4n) is 3.44. The molecule has 1 aliphatic rings. The van der Waals surface area contributed by atoms with Crippen molar-refractivity contribution in [1.82, 2.24) is 4.98 Å². The summed E-state index contributed by atoms with van der Waals surface area (Å²) in [5.41, 5.74) is 3.06. The number of carbonyl (C=O) groups excluding carboxylic acids is 2. The molecule has 2 N–H and O–H groups in total. The third-order valence-electron chi connectivity index (χ3n) is 4.98. The minimum Gasteiger partial charge on any atom is -0.481 e. The molecule has 3 aromatic rings. The van der Waals surface area contributed by atoms with Crippen LogP contribution in [0.25, 0.3) is 17.0 Å². The van der Waals surface area contributed by atoms with E-state index in [1.54, 1.807) is 30.3 Å². The summed E-state index contributed by atoms with van der Waals surface area (Å²) in [5.74, 6) is -2.01. The number of hydrogen-bond acceptors (Lipinski definition) is 3. The number of rotatable bonds is 5. The number of allylic oxidation sites excluding steroid dienone is 1. The van der Waals surface area contributed by atoms with E-state index in [1.807, 2.05) is 30.5 Å². The first kappa shape index (κ1) is 17.7. The second-order valence-corrected chi connectivity index (χ2v) is 6.77. The van der Waals surface area contributed by atoms with Crippen LogP contribution in [0, 0.1) is 5.92 Å². The maximum Gasteiger partial charge on any atom is 0.308 e. The van der Waals surface area contributed by atoms with Crippen LogP contribution in [0.2, 0.25) is 0 Å². The number of anilines is 1. The van der Waals surface area contributed by atoms with Gasteiger partial charge in [-0.25, -0.2) is 0 Å². The minimum absolute atomic E-state index is 0.00343. The highest BCUT2D eigenvalue weighted by Crippen LogP contribution is 2.26. The number of aromatic amines is 1. The van der Waals surface area contributed by atoms with Crippen molar-refractivity contribution in [2.24, 2.45) is 5.92 Å². The molecule has 1 atom stereocenters. The van der Waals surface area contributed by atoms with E-state index in [4.69, 9.17) is 5.11 Å². The molecule has 4 rings (SSSR count). The molecular formula is C22H18N2O4. The smallest absolute Gasteiger partial charge is 0.308 e. The van der Waals surface area contributed by atoms with Gasteiger partial charge in [0, 0.05) is 41.3 Å². The zero-order valence-electron chi connectivity index (χ0n) is 15.0. The van der Waals surface area contributed by atoms with E-state index in [0.717, 1.165) is 16.5 Å². The van der Waals surface area contributed by atoms with Crippen LogP contribution in [0.1, 0.15) is 22.3 Å². The Labute approximate surface area is 161 Å². The van der Waals surface area contributed by atoms with E-state index >= 15 is 0 Å². The van der Waals surface area contributed by atoms with Crippen molar-refractivity contribution in [1.29, 1.82) is 0 Å². The summed E-state index contributed by atoms with van der Waals surface area (Å²) in [4.78, 5) is 40.2. The number of benzene rings is 2. The molecule has 2 aromatic carbocycles. The highest BCUT2D eigenvalue weighted by Gasteiger charge is 2.34. The average Bonchev–Trinajstić information content (AvgIpc) is 3.33. The molecule has 1 aliphatic heterocycles. The van der Waals surface area contributed by atoms with Gasteiger partial charge >= 0.3 is 5.97 Å². The minimum atomic E-state index is -0.967. The Morgan fingerprint density at radius 3 is 2.61 bits per heavy atom. The molecule has 140 valence electrons. The second kappa shape index (κ2) is 7.15. The summed E-state index contributed by atoms with van der Waals surface area (Å²) in [6, 6.07) is 14.5. The number of fused-ring (bicyclic) bond motifs is 1. The van der Waals surface area contributed by atoms with Gasteiger partial charge in [0.1, 0.15) is 0 Å². The molecule has 0 bridgehead atoms. The lowest BCUT2D eigenvalue weighted by atomic mass is 10.1. The standard InChI is InChI=1S/C22H18N2O4/c25-20(9-6-14-2-1-3-19-18(14)10-11-23-19)15-4-7-17(8-5-15)24-13-16(22(27)28)12-21(24)26/h1-11,16,23H,12-13H2,(H,27,28)/b9-6+. The van der Waals surface area contributed by atoms with Crippen molar-refractivity contribution in [2.75, 3.05) is 11.4 Å². The van der Waals surface area contributed by atoms with Crippen LogP contribution in [0.15, 0.2) is 60.8 Å². The van der Waals surface area contributed by atoms with Gasteiger partial charge in [-0.05, 0) is 48.0 Å². The van der Waals surface area contributed by atoms with Gasteiger partial charge < -0.3 is 15.0 Å². The molecule has 6 nitrogen and oxygen atoms in total. The molecular weight excluding hydrogens is 356 g/mol. The maximum atomic E-state index is 12.5. The lowest BCUT2D eigenvalue weighted by molar-refractivity contribution is -0.141. The zero-order valence-corrected chi connectivity index (χ0v) is 15.0. The van der Waals surface area contributed by atoms with E-state index in [9.17, 15) is 14.4 Å². The number of aromatic nitrogens is 1. The van der Waals surface area contributed by atoms with Gasteiger partial charge in [0.05, 0.1) is 5.92 Å². The number of carbonyl (C=O) groups is 3. The third kappa shape index (κ3) is 3.32. The van der Waals surface area contributed by atoms with Crippen molar-refractivity contribution < 1.29 is 19.5 Å². The normalized spacial score (nSPS) is 16.9. The van der Waals surface area contributed by atoms with Crippen LogP contribution in [0.5, 0.6) is 0 Å². The molecule has 28 heavy (non-hydrogen) atoms. The van der Waals surface area contributed by atoms with Gasteiger partial charge in [0.2, 0.25) is 5.91 Å². The molecule has 0 aliphatic carbocycles. The fraction of sp³-hybridized carbons (Fsp3) is 0.136. The third-order valence-corrected chi connectivity index (χ3v) is 4.98. The number of amides is 1. The lowest BCUT2D eigenvalue weighted by Crippen LogP contribution is -2.25. The molecule has 6 heteroatoms. The predicted molar refractivity (Wildman–Crippen MR) is 106 cm³/mol. The Morgan fingerprint density at radius 2 is 1.89 bits per heavy atom. The Hall–Kier alpha value is -3.67. The largest absolute Gasteiger partial charge is 0.481 e. The summed E-state index contributed by atoms with van der Waals surface area (Å²) in [5, 5.41) is 10.1. The topological polar surface area (TPSA) is 90.5 Å². The van der Waals surface area contributed by atoms with Gasteiger partial charge in [-0.3, -0.25) is 14.4 Å². The SMILES string of the molecule is O=C(/C=C/c1cccc2[nH]ccc12)c1ccc(N2CC(C(=O)O)CC2=O)cc1. The van der Waals surface area contributed by atoms with E-state index in [1.165, 1.54) is 11.0 Å². The zero-order chi connectivity index (χ0) is 19.7. The van der Waals surface area contributed by atoms with Gasteiger partial charge in [-0.15, -0.1) is 0 Å². The average molecular weight is 374 g/mol. The number of nitrogens with zero attached hydrogens (tertiary/aromatic N) is 1. The monoisotopic (exact) mass is 374 g/mol. The van der Waals surface area contributed by atoms with Gasteiger partial charge in [-0.1, -0.05) is 18.2 Å². The number of carboxylic acids is 1. The molecule has 1 aromatic heterocycles. The first-order valence-corrected chi connectivity index (χ1v) is 8.94. The predicted octanol–water partition coefficient (Wildman–Crippen LogP) is 3.50. The molecule has 1 amide bonds. The highest BCUT2D eigenvalue weighted by molar-refractivity contribution is 6.08. The number of carboxylic acid groups (broad SMARTS) is 1. The Kier molecular flexibility index (Phi) is 4.53. The van der Waals surface area contributed by atoms with Crippen LogP contribution < -0.4 is 4.90 Å². The van der Waals surface area contributed by atoms with Crippen LogP contribution in [-0.2, 0) is 9.59 Å². The quantitative estimate of drug-likeness (QED) is 0.528. The van der Waals surface area contributed by atoms with Crippen LogP contribution in [0.4, 0.5) is 5.69 Å². The maximum absolute atomic E-state index is 12.5. The highest BCUT2D eigenvalue weighted by atomic mass is 16.4. The first-order valence-electron chi connectivity index (χ1n) is 8.94. The van der Waals surface area contributed by atoms with Crippen molar-refractivity contribution >= 4 is 40.3 Å². The molecule has 1 fully saturated rings. The summed E-state index contributed by atoms with van der Waals surface area (Å²) in [6.45, 7) is 0.155. The molecule has 0 radical (unpaired) electrons. The first-order chi connectivity index (χ1) is 13.5. The van der Waals surface area contributed by atoms with Crippen LogP contribution in [-0.4, -0.2) is 34.3 Å². The fourth-order valence-corrected chi connectivity index (χ4v) is 3.44. The van der Waals surface area contributed by atoms with E-state index in [0.29, 0.717) is 11.3 Å². The summed E-state index contributed by atoms with van der Waals surface area (Å²) >= 11 is 0. The van der Waals surface area contributed by atoms with Crippen molar-refractivity contribution in [3.05, 3.63) is 71.9 Å². The van der Waals surface area contributed by atoms with Gasteiger partial charge in [0.25, 0.3) is 0 Å². The molecule has 0 saturated carbocycles. The molecule has 1 unspecified atom stereocenters. The van der Waals surface area contributed by atoms with E-state index < -0.39 is 11.9 Å². The summed E-state index contributed by atoms with van der Waals surface area (Å²) < 4.78 is 0. The molecule has 2 heterocycles. The summed E-state index contributed by atoms with van der Waals surface area (Å²) in [7, 11) is 0. The van der Waals surface area contributed by atoms with Crippen LogP contribution in [0.3, 0.4) is 0 Å². The Balaban J connectivity index is 1.49. The van der Waals surface area contributed by atoms with Crippen molar-refractivity contribution in [2.45, 2.75) is 6.42 Å². The molecule has 0 spiro atoms. The van der Waals surface area contributed by atoms with Crippen LogP contribution >= 0.6 is 0 Å². The number of aliphatic carboxylic acids is 1. The Bertz CT molecular complexity index is 1100. The molecule has 1 saturated heterocycles. The van der Waals surface area contributed by atoms with Gasteiger partial charge in [0.15, 0.2) is 5.78 Å².